The molecule has 1 aliphatic heterocycles. The summed E-state index contributed by atoms with van der Waals surface area (Å²) in [5.41, 5.74) is 3.86. The maximum absolute atomic E-state index is 12.9. The van der Waals surface area contributed by atoms with E-state index in [1.807, 2.05) is 31.0 Å². The van der Waals surface area contributed by atoms with Crippen molar-refractivity contribution in [2.75, 3.05) is 13.6 Å². The third kappa shape index (κ3) is 3.34. The van der Waals surface area contributed by atoms with Gasteiger partial charge in [-0.05, 0) is 49.1 Å². The molecule has 4 heteroatoms. The van der Waals surface area contributed by atoms with Gasteiger partial charge in [0.25, 0.3) is 0 Å². The lowest BCUT2D eigenvalue weighted by Crippen LogP contribution is -2.48. The van der Waals surface area contributed by atoms with Crippen molar-refractivity contribution in [1.29, 1.82) is 0 Å². The Morgan fingerprint density at radius 3 is 2.50 bits per heavy atom. The number of carbonyl (C=O) groups is 1. The highest BCUT2D eigenvalue weighted by atomic mass is 16.2. The van der Waals surface area contributed by atoms with E-state index in [-0.39, 0.29) is 18.0 Å². The lowest BCUT2D eigenvalue weighted by atomic mass is 9.98. The first-order valence-electron chi connectivity index (χ1n) is 8.55. The first-order chi connectivity index (χ1) is 11.6. The lowest BCUT2D eigenvalue weighted by molar-refractivity contribution is -0.137. The van der Waals surface area contributed by atoms with E-state index in [4.69, 9.17) is 0 Å². The molecule has 24 heavy (non-hydrogen) atoms. The Morgan fingerprint density at radius 2 is 1.79 bits per heavy atom. The number of pyridine rings is 1. The van der Waals surface area contributed by atoms with E-state index >= 15 is 0 Å². The largest absolute Gasteiger partial charge is 0.338 e. The molecule has 0 radical (unpaired) electrons. The molecule has 2 aromatic rings. The fraction of sp³-hybridized carbons (Fsp3) is 0.400. The van der Waals surface area contributed by atoms with E-state index in [9.17, 15) is 4.79 Å². The van der Waals surface area contributed by atoms with Crippen molar-refractivity contribution in [2.45, 2.75) is 38.9 Å². The monoisotopic (exact) mass is 323 g/mol. The maximum atomic E-state index is 12.9. The molecule has 3 rings (SSSR count). The molecule has 126 valence electrons. The molecule has 0 aliphatic carbocycles. The van der Waals surface area contributed by atoms with E-state index < -0.39 is 0 Å². The summed E-state index contributed by atoms with van der Waals surface area (Å²) in [5.74, 6) is 0.165. The smallest absolute Gasteiger partial charge is 0.239 e. The van der Waals surface area contributed by atoms with Crippen molar-refractivity contribution in [3.63, 3.8) is 0 Å². The number of nitrogens with zero attached hydrogens (tertiary/aromatic N) is 3. The van der Waals surface area contributed by atoms with Gasteiger partial charge in [0.2, 0.25) is 5.91 Å². The standard InChI is InChI=1S/C20H25N3O/c1-15(17-8-11-21-12-9-17)22(3)20(24)16(2)23-13-10-18-6-4-5-7-19(18)14-23/h4-9,11-12,15-16H,10,13-14H2,1-3H3. The number of carbonyl (C=O) groups excluding carboxylic acids is 1. The van der Waals surface area contributed by atoms with Crippen molar-refractivity contribution >= 4 is 5.91 Å². The van der Waals surface area contributed by atoms with Gasteiger partial charge in [0, 0.05) is 32.5 Å². The SMILES string of the molecule is CC(C(=O)N(C)C(C)c1ccncc1)N1CCc2ccccc2C1. The van der Waals surface area contributed by atoms with Crippen LogP contribution in [0, 0.1) is 0 Å². The Hall–Kier alpha value is -2.20. The zero-order valence-electron chi connectivity index (χ0n) is 14.6. The van der Waals surface area contributed by atoms with Gasteiger partial charge in [0.1, 0.15) is 0 Å². The molecule has 0 saturated carbocycles. The molecular formula is C20H25N3O. The summed E-state index contributed by atoms with van der Waals surface area (Å²) in [7, 11) is 1.89. The number of hydrogen-bond donors (Lipinski definition) is 0. The minimum Gasteiger partial charge on any atom is -0.338 e. The van der Waals surface area contributed by atoms with Crippen molar-refractivity contribution in [1.82, 2.24) is 14.8 Å². The number of benzene rings is 1. The Labute approximate surface area is 144 Å². The quantitative estimate of drug-likeness (QED) is 0.868. The molecular weight excluding hydrogens is 298 g/mol. The normalized spacial score (nSPS) is 17.0. The zero-order valence-corrected chi connectivity index (χ0v) is 14.6. The molecule has 1 amide bonds. The molecule has 0 spiro atoms. The van der Waals surface area contributed by atoms with Crippen LogP contribution in [0.25, 0.3) is 0 Å². The van der Waals surface area contributed by atoms with Gasteiger partial charge in [0.15, 0.2) is 0 Å². The second kappa shape index (κ2) is 7.14. The van der Waals surface area contributed by atoms with Gasteiger partial charge in [0.05, 0.1) is 12.1 Å². The average molecular weight is 323 g/mol. The van der Waals surface area contributed by atoms with E-state index in [1.54, 1.807) is 12.4 Å². The molecule has 1 aromatic carbocycles. The Kier molecular flexibility index (Phi) is 4.95. The van der Waals surface area contributed by atoms with E-state index in [2.05, 4.69) is 41.1 Å². The summed E-state index contributed by atoms with van der Waals surface area (Å²) in [6, 6.07) is 12.4. The Morgan fingerprint density at radius 1 is 1.12 bits per heavy atom. The van der Waals surface area contributed by atoms with Crippen molar-refractivity contribution in [3.8, 4) is 0 Å². The molecule has 1 aromatic heterocycles. The summed E-state index contributed by atoms with van der Waals surface area (Å²) >= 11 is 0. The fourth-order valence-corrected chi connectivity index (χ4v) is 3.36. The fourth-order valence-electron chi connectivity index (χ4n) is 3.36. The minimum absolute atomic E-state index is 0.0417. The van der Waals surface area contributed by atoms with Crippen LogP contribution in [-0.2, 0) is 17.8 Å². The van der Waals surface area contributed by atoms with Crippen LogP contribution in [0.15, 0.2) is 48.8 Å². The molecule has 2 unspecified atom stereocenters. The molecule has 0 saturated heterocycles. The van der Waals surface area contributed by atoms with Crippen LogP contribution in [0.2, 0.25) is 0 Å². The van der Waals surface area contributed by atoms with Crippen LogP contribution < -0.4 is 0 Å². The van der Waals surface area contributed by atoms with E-state index in [0.29, 0.717) is 0 Å². The number of likely N-dealkylation sites (N-methyl/N-ethyl adjacent to an activating group) is 1. The zero-order chi connectivity index (χ0) is 17.1. The topological polar surface area (TPSA) is 36.4 Å². The van der Waals surface area contributed by atoms with Crippen LogP contribution in [0.4, 0.5) is 0 Å². The summed E-state index contributed by atoms with van der Waals surface area (Å²) in [4.78, 5) is 21.1. The Bertz CT molecular complexity index is 701. The highest BCUT2D eigenvalue weighted by molar-refractivity contribution is 5.81. The molecule has 2 heterocycles. The second-order valence-electron chi connectivity index (χ2n) is 6.57. The van der Waals surface area contributed by atoms with Gasteiger partial charge in [-0.25, -0.2) is 0 Å². The van der Waals surface area contributed by atoms with Crippen LogP contribution >= 0.6 is 0 Å². The predicted octanol–water partition coefficient (Wildman–Crippen LogP) is 3.05. The highest BCUT2D eigenvalue weighted by Gasteiger charge is 2.29. The van der Waals surface area contributed by atoms with Gasteiger partial charge < -0.3 is 4.90 Å². The van der Waals surface area contributed by atoms with Crippen molar-refractivity contribution < 1.29 is 4.79 Å². The third-order valence-electron chi connectivity index (χ3n) is 5.18. The van der Waals surface area contributed by atoms with Crippen LogP contribution in [0.1, 0.15) is 36.6 Å². The summed E-state index contributed by atoms with van der Waals surface area (Å²) in [6.45, 7) is 5.86. The average Bonchev–Trinajstić information content (AvgIpc) is 2.66. The summed E-state index contributed by atoms with van der Waals surface area (Å²) < 4.78 is 0. The molecule has 2 atom stereocenters. The van der Waals surface area contributed by atoms with Crippen molar-refractivity contribution in [3.05, 3.63) is 65.5 Å². The molecule has 0 fully saturated rings. The molecule has 0 bridgehead atoms. The van der Waals surface area contributed by atoms with Gasteiger partial charge in [-0.2, -0.15) is 0 Å². The maximum Gasteiger partial charge on any atom is 0.239 e. The third-order valence-corrected chi connectivity index (χ3v) is 5.18. The summed E-state index contributed by atoms with van der Waals surface area (Å²) in [5, 5.41) is 0. The van der Waals surface area contributed by atoms with Gasteiger partial charge in [-0.15, -0.1) is 0 Å². The molecule has 0 N–H and O–H groups in total. The van der Waals surface area contributed by atoms with Gasteiger partial charge >= 0.3 is 0 Å². The first kappa shape index (κ1) is 16.7. The number of aromatic nitrogens is 1. The van der Waals surface area contributed by atoms with Crippen LogP contribution in [0.5, 0.6) is 0 Å². The van der Waals surface area contributed by atoms with Gasteiger partial charge in [-0.3, -0.25) is 14.7 Å². The lowest BCUT2D eigenvalue weighted by Gasteiger charge is -2.36. The number of fused-ring (bicyclic) bond motifs is 1. The molecule has 1 aliphatic rings. The van der Waals surface area contributed by atoms with E-state index in [1.165, 1.54) is 11.1 Å². The number of rotatable bonds is 4. The van der Waals surface area contributed by atoms with Crippen LogP contribution in [0.3, 0.4) is 0 Å². The molecule has 4 nitrogen and oxygen atoms in total. The van der Waals surface area contributed by atoms with E-state index in [0.717, 1.165) is 25.1 Å². The summed E-state index contributed by atoms with van der Waals surface area (Å²) in [6.07, 6.45) is 4.56. The highest BCUT2D eigenvalue weighted by Crippen LogP contribution is 2.23. The number of amides is 1. The predicted molar refractivity (Wildman–Crippen MR) is 95.4 cm³/mol. The van der Waals surface area contributed by atoms with Gasteiger partial charge in [-0.1, -0.05) is 24.3 Å². The van der Waals surface area contributed by atoms with Crippen LogP contribution in [-0.4, -0.2) is 40.3 Å². The van der Waals surface area contributed by atoms with Crippen molar-refractivity contribution in [2.24, 2.45) is 0 Å². The minimum atomic E-state index is -0.118. The number of hydrogen-bond acceptors (Lipinski definition) is 3. The Balaban J connectivity index is 1.69. The first-order valence-corrected chi connectivity index (χ1v) is 8.55. The second-order valence-corrected chi connectivity index (χ2v) is 6.57.